The zero-order chi connectivity index (χ0) is 18.9. The zero-order valence-electron chi connectivity index (χ0n) is 14.5. The van der Waals surface area contributed by atoms with E-state index in [1.165, 1.54) is 12.1 Å². The van der Waals surface area contributed by atoms with Crippen LogP contribution in [0.1, 0.15) is 35.2 Å². The fourth-order valence-corrected chi connectivity index (χ4v) is 2.99. The predicted octanol–water partition coefficient (Wildman–Crippen LogP) is 5.25. The molecule has 136 valence electrons. The van der Waals surface area contributed by atoms with E-state index in [4.69, 9.17) is 0 Å². The van der Waals surface area contributed by atoms with Crippen LogP contribution in [0, 0.1) is 6.92 Å². The molecule has 3 rings (SSSR count). The van der Waals surface area contributed by atoms with E-state index in [0.29, 0.717) is 5.69 Å². The van der Waals surface area contributed by atoms with Crippen molar-refractivity contribution in [3.05, 3.63) is 77.1 Å². The maximum absolute atomic E-state index is 12.7. The Morgan fingerprint density at radius 3 is 2.23 bits per heavy atom. The second kappa shape index (κ2) is 6.86. The number of hydrogen-bond acceptors (Lipinski definition) is 2. The Balaban J connectivity index is 1.81. The maximum atomic E-state index is 12.7. The van der Waals surface area contributed by atoms with Gasteiger partial charge < -0.3 is 5.11 Å². The maximum Gasteiger partial charge on any atom is 0.416 e. The molecule has 0 unspecified atom stereocenters. The van der Waals surface area contributed by atoms with Gasteiger partial charge in [0.15, 0.2) is 0 Å². The lowest BCUT2D eigenvalue weighted by molar-refractivity contribution is -0.137. The lowest BCUT2D eigenvalue weighted by atomic mass is 9.94. The summed E-state index contributed by atoms with van der Waals surface area (Å²) in [5.74, 6) is 0.412. The third-order valence-corrected chi connectivity index (χ3v) is 4.41. The number of benzene rings is 2. The van der Waals surface area contributed by atoms with Crippen molar-refractivity contribution in [3.8, 4) is 11.4 Å². The number of phenols is 1. The van der Waals surface area contributed by atoms with Gasteiger partial charge in [0.25, 0.3) is 0 Å². The molecular weight excluding hydrogens is 341 g/mol. The monoisotopic (exact) mass is 360 g/mol. The van der Waals surface area contributed by atoms with Gasteiger partial charge in [0.2, 0.25) is 0 Å². The van der Waals surface area contributed by atoms with Crippen molar-refractivity contribution >= 4 is 0 Å². The van der Waals surface area contributed by atoms with Gasteiger partial charge in [-0.15, -0.1) is 0 Å². The number of alkyl halides is 3. The van der Waals surface area contributed by atoms with Gasteiger partial charge in [0, 0.05) is 6.20 Å². The first-order valence-corrected chi connectivity index (χ1v) is 8.26. The van der Waals surface area contributed by atoms with E-state index in [2.05, 4.69) is 12.0 Å². The van der Waals surface area contributed by atoms with E-state index in [9.17, 15) is 18.3 Å². The van der Waals surface area contributed by atoms with Crippen molar-refractivity contribution in [2.24, 2.45) is 0 Å². The Bertz CT molecular complexity index is 881. The lowest BCUT2D eigenvalue weighted by Crippen LogP contribution is -2.05. The van der Waals surface area contributed by atoms with E-state index < -0.39 is 11.7 Å². The zero-order valence-corrected chi connectivity index (χ0v) is 14.5. The summed E-state index contributed by atoms with van der Waals surface area (Å²) in [6.45, 7) is 3.97. The Morgan fingerprint density at radius 2 is 1.65 bits per heavy atom. The van der Waals surface area contributed by atoms with Crippen molar-refractivity contribution in [1.29, 1.82) is 0 Å². The van der Waals surface area contributed by atoms with Crippen LogP contribution < -0.4 is 0 Å². The van der Waals surface area contributed by atoms with E-state index >= 15 is 0 Å². The van der Waals surface area contributed by atoms with Crippen LogP contribution in [0.2, 0.25) is 0 Å². The van der Waals surface area contributed by atoms with Gasteiger partial charge in [-0.2, -0.15) is 18.3 Å². The number of halogens is 3. The molecule has 2 aromatic carbocycles. The number of phenolic OH excluding ortho intramolecular Hbond substituents is 1. The van der Waals surface area contributed by atoms with Gasteiger partial charge in [0.1, 0.15) is 5.75 Å². The number of hydrogen-bond donors (Lipinski definition) is 1. The normalized spacial score (nSPS) is 13.0. The standard InChI is InChI=1S/C20H19F3N2O/c1-13(11-15-3-9-18(26)10-4-15)19-12-25(24-14(19)2)17-7-5-16(6-8-17)20(21,22)23/h3-10,12-13,26H,11H2,1-2H3/t13-/m0/s1. The smallest absolute Gasteiger partial charge is 0.416 e. The van der Waals surface area contributed by atoms with E-state index in [1.807, 2.05) is 25.3 Å². The van der Waals surface area contributed by atoms with Gasteiger partial charge >= 0.3 is 6.18 Å². The van der Waals surface area contributed by atoms with Crippen LogP contribution in [0.4, 0.5) is 13.2 Å². The van der Waals surface area contributed by atoms with Gasteiger partial charge in [-0.1, -0.05) is 19.1 Å². The molecule has 26 heavy (non-hydrogen) atoms. The quantitative estimate of drug-likeness (QED) is 0.690. The molecule has 0 saturated heterocycles. The van der Waals surface area contributed by atoms with Gasteiger partial charge in [0.05, 0.1) is 16.9 Å². The van der Waals surface area contributed by atoms with Crippen LogP contribution in [0.15, 0.2) is 54.7 Å². The first-order valence-electron chi connectivity index (χ1n) is 8.26. The molecule has 0 radical (unpaired) electrons. The first-order chi connectivity index (χ1) is 12.2. The molecule has 0 bridgehead atoms. The molecule has 1 aromatic heterocycles. The van der Waals surface area contributed by atoms with Crippen LogP contribution in [-0.2, 0) is 12.6 Å². The minimum atomic E-state index is -4.34. The summed E-state index contributed by atoms with van der Waals surface area (Å²) in [4.78, 5) is 0. The Morgan fingerprint density at radius 1 is 1.04 bits per heavy atom. The molecule has 3 aromatic rings. The van der Waals surface area contributed by atoms with Crippen molar-refractivity contribution in [1.82, 2.24) is 9.78 Å². The highest BCUT2D eigenvalue weighted by atomic mass is 19.4. The number of nitrogens with zero attached hydrogens (tertiary/aromatic N) is 2. The molecule has 0 saturated carbocycles. The molecule has 1 N–H and O–H groups in total. The van der Waals surface area contributed by atoms with Gasteiger partial charge in [-0.05, 0) is 66.8 Å². The highest BCUT2D eigenvalue weighted by molar-refractivity contribution is 5.37. The van der Waals surface area contributed by atoms with Crippen LogP contribution in [0.3, 0.4) is 0 Å². The summed E-state index contributed by atoms with van der Waals surface area (Å²) < 4.78 is 39.7. The molecule has 1 atom stereocenters. The van der Waals surface area contributed by atoms with Gasteiger partial charge in [-0.25, -0.2) is 4.68 Å². The molecule has 0 aliphatic carbocycles. The second-order valence-electron chi connectivity index (χ2n) is 6.43. The third kappa shape index (κ3) is 3.90. The molecule has 6 heteroatoms. The fraction of sp³-hybridized carbons (Fsp3) is 0.250. The molecule has 0 amide bonds. The fourth-order valence-electron chi connectivity index (χ4n) is 2.99. The Labute approximate surface area is 149 Å². The SMILES string of the molecule is Cc1nn(-c2ccc(C(F)(F)F)cc2)cc1[C@@H](C)Cc1ccc(O)cc1. The molecule has 0 spiro atoms. The van der Waals surface area contributed by atoms with Crippen LogP contribution in [-0.4, -0.2) is 14.9 Å². The number of rotatable bonds is 4. The molecule has 0 fully saturated rings. The summed E-state index contributed by atoms with van der Waals surface area (Å²) in [5.41, 5.74) is 2.89. The molecule has 0 aliphatic heterocycles. The molecular formula is C20H19F3N2O. The summed E-state index contributed by atoms with van der Waals surface area (Å²) >= 11 is 0. The number of aryl methyl sites for hydroxylation is 1. The van der Waals surface area contributed by atoms with Crippen molar-refractivity contribution in [2.75, 3.05) is 0 Å². The first kappa shape index (κ1) is 18.0. The van der Waals surface area contributed by atoms with E-state index in [1.54, 1.807) is 16.8 Å². The second-order valence-corrected chi connectivity index (χ2v) is 6.43. The van der Waals surface area contributed by atoms with Crippen molar-refractivity contribution < 1.29 is 18.3 Å². The van der Waals surface area contributed by atoms with Gasteiger partial charge in [-0.3, -0.25) is 0 Å². The average molecular weight is 360 g/mol. The van der Waals surface area contributed by atoms with E-state index in [0.717, 1.165) is 35.4 Å². The van der Waals surface area contributed by atoms with Crippen molar-refractivity contribution in [3.63, 3.8) is 0 Å². The van der Waals surface area contributed by atoms with Crippen LogP contribution in [0.5, 0.6) is 5.75 Å². The van der Waals surface area contributed by atoms with Crippen LogP contribution >= 0.6 is 0 Å². The third-order valence-electron chi connectivity index (χ3n) is 4.41. The number of aromatic nitrogens is 2. The van der Waals surface area contributed by atoms with E-state index in [-0.39, 0.29) is 11.7 Å². The van der Waals surface area contributed by atoms with Crippen LogP contribution in [0.25, 0.3) is 5.69 Å². The molecule has 3 nitrogen and oxygen atoms in total. The predicted molar refractivity (Wildman–Crippen MR) is 93.5 cm³/mol. The minimum Gasteiger partial charge on any atom is -0.508 e. The highest BCUT2D eigenvalue weighted by Gasteiger charge is 2.30. The minimum absolute atomic E-state index is 0.183. The molecule has 0 aliphatic rings. The average Bonchev–Trinajstić information content (AvgIpc) is 2.98. The van der Waals surface area contributed by atoms with Crippen molar-refractivity contribution in [2.45, 2.75) is 32.4 Å². The lowest BCUT2D eigenvalue weighted by Gasteiger charge is -2.10. The topological polar surface area (TPSA) is 38.0 Å². The largest absolute Gasteiger partial charge is 0.508 e. The Kier molecular flexibility index (Phi) is 4.76. The summed E-state index contributed by atoms with van der Waals surface area (Å²) in [6.07, 6.45) is -1.70. The highest BCUT2D eigenvalue weighted by Crippen LogP contribution is 2.30. The molecule has 1 heterocycles. The summed E-state index contributed by atoms with van der Waals surface area (Å²) in [5, 5.41) is 13.8. The summed E-state index contributed by atoms with van der Waals surface area (Å²) in [7, 11) is 0. The summed E-state index contributed by atoms with van der Waals surface area (Å²) in [6, 6.07) is 12.0. The number of aromatic hydroxyl groups is 1. The Hall–Kier alpha value is -2.76.